The van der Waals surface area contributed by atoms with E-state index in [-0.39, 0.29) is 11.5 Å². The molecule has 0 N–H and O–H groups in total. The highest BCUT2D eigenvalue weighted by Gasteiger charge is 2.04. The fourth-order valence-electron chi connectivity index (χ4n) is 0.405. The van der Waals surface area contributed by atoms with E-state index < -0.39 is 5.97 Å². The van der Waals surface area contributed by atoms with Crippen molar-refractivity contribution in [1.29, 1.82) is 0 Å². The molecule has 0 spiro atoms. The Labute approximate surface area is 70.8 Å². The van der Waals surface area contributed by atoms with Gasteiger partial charge in [-0.1, -0.05) is 31.3 Å². The molecule has 0 aliphatic rings. The molecule has 60 valence electrons. The zero-order valence-corrected chi connectivity index (χ0v) is 6.86. The van der Waals surface area contributed by atoms with Gasteiger partial charge in [-0.2, -0.15) is 0 Å². The highest BCUT2D eigenvalue weighted by Crippen LogP contribution is 2.13. The Balaban J connectivity index is 3.85. The Morgan fingerprint density at radius 3 is 2.45 bits per heavy atom. The highest BCUT2D eigenvalue weighted by atomic mass is 35.5. The molecule has 3 heteroatoms. The Kier molecular flexibility index (Phi) is 4.30. The smallest absolute Gasteiger partial charge is 0.315 e. The molecule has 0 heterocycles. The van der Waals surface area contributed by atoms with Crippen LogP contribution in [0.3, 0.4) is 0 Å². The first-order chi connectivity index (χ1) is 5.07. The molecule has 0 aliphatic heterocycles. The van der Waals surface area contributed by atoms with Crippen LogP contribution in [0.5, 0.6) is 0 Å². The predicted octanol–water partition coefficient (Wildman–Crippen LogP) is 2.37. The summed E-state index contributed by atoms with van der Waals surface area (Å²) in [4.78, 5) is 10.7. The van der Waals surface area contributed by atoms with Gasteiger partial charge in [-0.05, 0) is 5.57 Å². The van der Waals surface area contributed by atoms with Crippen molar-refractivity contribution >= 4 is 17.6 Å². The lowest BCUT2D eigenvalue weighted by molar-refractivity contribution is -0.137. The summed E-state index contributed by atoms with van der Waals surface area (Å²) in [5.74, 6) is -0.438. The van der Waals surface area contributed by atoms with Gasteiger partial charge in [0.1, 0.15) is 0 Å². The molecule has 0 saturated heterocycles. The van der Waals surface area contributed by atoms with Gasteiger partial charge < -0.3 is 4.74 Å². The van der Waals surface area contributed by atoms with Gasteiger partial charge in [0, 0.05) is 5.03 Å². The van der Waals surface area contributed by atoms with Crippen LogP contribution < -0.4 is 0 Å². The summed E-state index contributed by atoms with van der Waals surface area (Å²) < 4.78 is 4.43. The van der Waals surface area contributed by atoms with E-state index in [9.17, 15) is 4.79 Å². The normalized spacial score (nSPS) is 8.45. The standard InChI is InChI=1S/C8H9ClO2/c1-4-11-8(10)5-6(2)7(3)9/h4H,1-3,5H2. The molecule has 0 bridgehead atoms. The minimum atomic E-state index is -0.438. The number of allylic oxidation sites excluding steroid dienone is 1. The van der Waals surface area contributed by atoms with Gasteiger partial charge in [-0.25, -0.2) is 0 Å². The molecule has 0 aromatic rings. The maximum atomic E-state index is 10.7. The van der Waals surface area contributed by atoms with Gasteiger partial charge in [-0.15, -0.1) is 0 Å². The van der Waals surface area contributed by atoms with Crippen molar-refractivity contribution in [2.75, 3.05) is 0 Å². The number of carbonyl (C=O) groups is 1. The molecule has 0 unspecified atom stereocenters. The number of hydrogen-bond acceptors (Lipinski definition) is 2. The van der Waals surface area contributed by atoms with Crippen LogP contribution in [-0.4, -0.2) is 5.97 Å². The monoisotopic (exact) mass is 172 g/mol. The Morgan fingerprint density at radius 2 is 2.09 bits per heavy atom. The van der Waals surface area contributed by atoms with Gasteiger partial charge in [0.2, 0.25) is 0 Å². The zero-order valence-electron chi connectivity index (χ0n) is 6.10. The van der Waals surface area contributed by atoms with Crippen LogP contribution in [0.15, 0.2) is 36.6 Å². The van der Waals surface area contributed by atoms with Gasteiger partial charge in [-0.3, -0.25) is 4.79 Å². The van der Waals surface area contributed by atoms with Crippen molar-refractivity contribution in [3.05, 3.63) is 36.6 Å². The van der Waals surface area contributed by atoms with Crippen molar-refractivity contribution in [2.24, 2.45) is 0 Å². The molecular formula is C8H9ClO2. The van der Waals surface area contributed by atoms with Gasteiger partial charge in [0.15, 0.2) is 0 Å². The first kappa shape index (κ1) is 9.98. The molecule has 0 saturated carbocycles. The second kappa shape index (κ2) is 4.74. The molecule has 0 radical (unpaired) electrons. The average molecular weight is 173 g/mol. The maximum Gasteiger partial charge on any atom is 0.315 e. The summed E-state index contributed by atoms with van der Waals surface area (Å²) in [6, 6.07) is 0. The first-order valence-corrected chi connectivity index (χ1v) is 3.28. The summed E-state index contributed by atoms with van der Waals surface area (Å²) in [7, 11) is 0. The molecule has 0 aromatic carbocycles. The largest absolute Gasteiger partial charge is 0.435 e. The third kappa shape index (κ3) is 4.39. The lowest BCUT2D eigenvalue weighted by Crippen LogP contribution is -2.00. The molecule has 0 amide bonds. The second-order valence-electron chi connectivity index (χ2n) is 1.84. The average Bonchev–Trinajstić information content (AvgIpc) is 1.87. The number of ether oxygens (including phenoxy) is 1. The van der Waals surface area contributed by atoms with E-state index in [0.29, 0.717) is 5.57 Å². The number of esters is 1. The van der Waals surface area contributed by atoms with Gasteiger partial charge in [0.25, 0.3) is 0 Å². The van der Waals surface area contributed by atoms with Gasteiger partial charge in [0.05, 0.1) is 12.7 Å². The third-order valence-electron chi connectivity index (χ3n) is 0.956. The SMILES string of the molecule is C=COC(=O)CC(=C)C(=C)Cl. The van der Waals surface area contributed by atoms with Crippen LogP contribution in [-0.2, 0) is 9.53 Å². The number of carbonyl (C=O) groups excluding carboxylic acids is 1. The molecule has 2 nitrogen and oxygen atoms in total. The predicted molar refractivity (Wildman–Crippen MR) is 45.0 cm³/mol. The Bertz CT molecular complexity index is 206. The highest BCUT2D eigenvalue weighted by molar-refractivity contribution is 6.31. The van der Waals surface area contributed by atoms with Crippen molar-refractivity contribution < 1.29 is 9.53 Å². The van der Waals surface area contributed by atoms with Crippen LogP contribution in [0.4, 0.5) is 0 Å². The van der Waals surface area contributed by atoms with E-state index in [1.807, 2.05) is 0 Å². The van der Waals surface area contributed by atoms with E-state index in [1.54, 1.807) is 0 Å². The van der Waals surface area contributed by atoms with Crippen molar-refractivity contribution in [3.63, 3.8) is 0 Å². The summed E-state index contributed by atoms with van der Waals surface area (Å²) in [5, 5.41) is 0.269. The van der Waals surface area contributed by atoms with E-state index in [2.05, 4.69) is 24.5 Å². The zero-order chi connectivity index (χ0) is 8.85. The maximum absolute atomic E-state index is 10.7. The minimum Gasteiger partial charge on any atom is -0.435 e. The summed E-state index contributed by atoms with van der Waals surface area (Å²) in [6.07, 6.45) is 1.11. The van der Waals surface area contributed by atoms with Crippen LogP contribution in [0, 0.1) is 0 Å². The first-order valence-electron chi connectivity index (χ1n) is 2.91. The Hall–Kier alpha value is -1.02. The van der Waals surface area contributed by atoms with Crippen LogP contribution in [0.25, 0.3) is 0 Å². The van der Waals surface area contributed by atoms with Crippen LogP contribution >= 0.6 is 11.6 Å². The molecule has 0 rings (SSSR count). The van der Waals surface area contributed by atoms with Crippen LogP contribution in [0.2, 0.25) is 0 Å². The molecule has 0 aliphatic carbocycles. The minimum absolute atomic E-state index is 0.0500. The lowest BCUT2D eigenvalue weighted by Gasteiger charge is -1.99. The van der Waals surface area contributed by atoms with E-state index >= 15 is 0 Å². The summed E-state index contributed by atoms with van der Waals surface area (Å²) in [5.41, 5.74) is 0.457. The lowest BCUT2D eigenvalue weighted by atomic mass is 10.2. The molecule has 0 atom stereocenters. The second-order valence-corrected chi connectivity index (χ2v) is 2.30. The van der Waals surface area contributed by atoms with E-state index in [0.717, 1.165) is 6.26 Å². The van der Waals surface area contributed by atoms with Crippen molar-refractivity contribution in [2.45, 2.75) is 6.42 Å². The van der Waals surface area contributed by atoms with Crippen molar-refractivity contribution in [1.82, 2.24) is 0 Å². The van der Waals surface area contributed by atoms with E-state index in [1.165, 1.54) is 0 Å². The topological polar surface area (TPSA) is 26.3 Å². The van der Waals surface area contributed by atoms with Crippen molar-refractivity contribution in [3.8, 4) is 0 Å². The molecule has 11 heavy (non-hydrogen) atoms. The molecular weight excluding hydrogens is 164 g/mol. The molecule has 0 aromatic heterocycles. The fourth-order valence-corrected chi connectivity index (χ4v) is 0.472. The summed E-state index contributed by atoms with van der Waals surface area (Å²) in [6.45, 7) is 10.1. The summed E-state index contributed by atoms with van der Waals surface area (Å²) >= 11 is 5.44. The van der Waals surface area contributed by atoms with Crippen LogP contribution in [0.1, 0.15) is 6.42 Å². The van der Waals surface area contributed by atoms with E-state index in [4.69, 9.17) is 11.6 Å². The quantitative estimate of drug-likeness (QED) is 0.370. The third-order valence-corrected chi connectivity index (χ3v) is 1.22. The fraction of sp³-hybridized carbons (Fsp3) is 0.125. The number of rotatable bonds is 4. The number of halogens is 1. The number of hydrogen-bond donors (Lipinski definition) is 0. The Morgan fingerprint density at radius 1 is 1.55 bits per heavy atom. The molecule has 0 fully saturated rings. The van der Waals surface area contributed by atoms with Gasteiger partial charge >= 0.3 is 5.97 Å².